The molecule has 2 rings (SSSR count). The van der Waals surface area contributed by atoms with Crippen LogP contribution in [0.2, 0.25) is 0 Å². The second-order valence-corrected chi connectivity index (χ2v) is 7.48. The molecule has 0 aliphatic carbocycles. The van der Waals surface area contributed by atoms with Gasteiger partial charge in [0.25, 0.3) is 0 Å². The van der Waals surface area contributed by atoms with E-state index in [0.717, 1.165) is 31.8 Å². The molecule has 0 spiro atoms. The van der Waals surface area contributed by atoms with Crippen LogP contribution in [0.25, 0.3) is 0 Å². The molecular weight excluding hydrogens is 320 g/mol. The topological polar surface area (TPSA) is 32.8 Å². The predicted octanol–water partition coefficient (Wildman–Crippen LogP) is 2.77. The van der Waals surface area contributed by atoms with E-state index < -0.39 is 0 Å². The van der Waals surface area contributed by atoms with Crippen LogP contribution in [0.5, 0.6) is 5.75 Å². The van der Waals surface area contributed by atoms with Crippen LogP contribution >= 0.6 is 11.8 Å². The monoisotopic (exact) mass is 350 g/mol. The van der Waals surface area contributed by atoms with Crippen LogP contribution in [0.1, 0.15) is 18.4 Å². The van der Waals surface area contributed by atoms with Crippen molar-refractivity contribution in [1.82, 2.24) is 9.80 Å². The van der Waals surface area contributed by atoms with Crippen molar-refractivity contribution in [2.45, 2.75) is 19.3 Å². The van der Waals surface area contributed by atoms with Gasteiger partial charge in [0.05, 0.1) is 12.9 Å². The number of carbonyl (C=O) groups excluding carboxylic acids is 1. The fraction of sp³-hybridized carbons (Fsp3) is 0.632. The molecule has 1 aromatic rings. The Hall–Kier alpha value is -1.20. The summed E-state index contributed by atoms with van der Waals surface area (Å²) < 4.78 is 5.21. The van der Waals surface area contributed by atoms with Gasteiger partial charge in [-0.25, -0.2) is 0 Å². The van der Waals surface area contributed by atoms with E-state index >= 15 is 0 Å². The van der Waals surface area contributed by atoms with E-state index in [2.05, 4.69) is 17.0 Å². The number of amides is 1. The van der Waals surface area contributed by atoms with Crippen LogP contribution < -0.4 is 4.74 Å². The molecule has 0 bridgehead atoms. The molecule has 0 aromatic heterocycles. The molecule has 1 atom stereocenters. The maximum absolute atomic E-state index is 11.9. The molecule has 1 aliphatic heterocycles. The van der Waals surface area contributed by atoms with E-state index in [0.29, 0.717) is 11.7 Å². The van der Waals surface area contributed by atoms with Crippen molar-refractivity contribution in [3.63, 3.8) is 0 Å². The number of ether oxygens (including phenoxy) is 1. The van der Waals surface area contributed by atoms with Gasteiger partial charge in [0, 0.05) is 26.7 Å². The van der Waals surface area contributed by atoms with Crippen LogP contribution in [-0.4, -0.2) is 68.1 Å². The summed E-state index contributed by atoms with van der Waals surface area (Å²) in [7, 11) is 3.64. The van der Waals surface area contributed by atoms with Gasteiger partial charge in [-0.05, 0) is 55.7 Å². The zero-order valence-electron chi connectivity index (χ0n) is 15.2. The highest BCUT2D eigenvalue weighted by molar-refractivity contribution is 7.99. The first-order valence-corrected chi connectivity index (χ1v) is 10.1. The van der Waals surface area contributed by atoms with Crippen molar-refractivity contribution in [1.29, 1.82) is 0 Å². The molecule has 1 fully saturated rings. The van der Waals surface area contributed by atoms with E-state index in [9.17, 15) is 4.79 Å². The van der Waals surface area contributed by atoms with Crippen molar-refractivity contribution >= 4 is 17.7 Å². The van der Waals surface area contributed by atoms with Crippen LogP contribution in [0.4, 0.5) is 0 Å². The largest absolute Gasteiger partial charge is 0.497 e. The Morgan fingerprint density at radius 2 is 2.12 bits per heavy atom. The summed E-state index contributed by atoms with van der Waals surface area (Å²) in [6.45, 7) is 4.26. The van der Waals surface area contributed by atoms with Crippen molar-refractivity contribution < 1.29 is 9.53 Å². The Bertz CT molecular complexity index is 507. The third kappa shape index (κ3) is 6.02. The molecule has 0 saturated carbocycles. The highest BCUT2D eigenvalue weighted by Crippen LogP contribution is 2.19. The predicted molar refractivity (Wildman–Crippen MR) is 102 cm³/mol. The number of piperidine rings is 1. The lowest BCUT2D eigenvalue weighted by atomic mass is 9.97. The highest BCUT2D eigenvalue weighted by atomic mass is 32.2. The van der Waals surface area contributed by atoms with Gasteiger partial charge in [0.1, 0.15) is 5.75 Å². The first kappa shape index (κ1) is 19.1. The molecule has 1 saturated heterocycles. The van der Waals surface area contributed by atoms with Crippen molar-refractivity contribution in [3.8, 4) is 5.75 Å². The van der Waals surface area contributed by atoms with E-state index in [-0.39, 0.29) is 5.91 Å². The highest BCUT2D eigenvalue weighted by Gasteiger charge is 2.22. The zero-order valence-corrected chi connectivity index (χ0v) is 16.0. The van der Waals surface area contributed by atoms with Crippen LogP contribution in [0.3, 0.4) is 0 Å². The number of hydrogen-bond acceptors (Lipinski definition) is 4. The summed E-state index contributed by atoms with van der Waals surface area (Å²) in [5.41, 5.74) is 1.35. The third-order valence-electron chi connectivity index (χ3n) is 4.70. The van der Waals surface area contributed by atoms with Crippen LogP contribution in [0.15, 0.2) is 24.3 Å². The lowest BCUT2D eigenvalue weighted by Crippen LogP contribution is -2.42. The number of rotatable bonds is 8. The average Bonchev–Trinajstić information content (AvgIpc) is 2.61. The number of methoxy groups -OCH3 is 1. The Morgan fingerprint density at radius 3 is 2.79 bits per heavy atom. The molecule has 1 aliphatic rings. The fourth-order valence-corrected chi connectivity index (χ4v) is 3.77. The average molecular weight is 351 g/mol. The van der Waals surface area contributed by atoms with E-state index in [4.69, 9.17) is 4.74 Å². The summed E-state index contributed by atoms with van der Waals surface area (Å²) in [6, 6.07) is 8.35. The molecule has 24 heavy (non-hydrogen) atoms. The molecule has 5 heteroatoms. The van der Waals surface area contributed by atoms with Gasteiger partial charge in [0.15, 0.2) is 0 Å². The van der Waals surface area contributed by atoms with Gasteiger partial charge in [-0.15, -0.1) is 0 Å². The maximum Gasteiger partial charge on any atom is 0.232 e. The number of hydrogen-bond donors (Lipinski definition) is 0. The Morgan fingerprint density at radius 1 is 1.38 bits per heavy atom. The number of benzene rings is 1. The summed E-state index contributed by atoms with van der Waals surface area (Å²) in [4.78, 5) is 16.4. The number of thioether (sulfide) groups is 1. The fourth-order valence-electron chi connectivity index (χ4n) is 3.31. The zero-order chi connectivity index (χ0) is 17.4. The second-order valence-electron chi connectivity index (χ2n) is 6.61. The molecule has 4 nitrogen and oxygen atoms in total. The van der Waals surface area contributed by atoms with Gasteiger partial charge in [-0.1, -0.05) is 12.1 Å². The third-order valence-corrected chi connectivity index (χ3v) is 5.24. The minimum absolute atomic E-state index is 0.248. The van der Waals surface area contributed by atoms with E-state index in [1.54, 1.807) is 18.9 Å². The van der Waals surface area contributed by atoms with Crippen LogP contribution in [-0.2, 0) is 11.2 Å². The summed E-state index contributed by atoms with van der Waals surface area (Å²) >= 11 is 1.60. The van der Waals surface area contributed by atoms with E-state index in [1.807, 2.05) is 30.3 Å². The lowest BCUT2D eigenvalue weighted by molar-refractivity contribution is -0.127. The normalized spacial score (nSPS) is 18.4. The molecule has 1 amide bonds. The van der Waals surface area contributed by atoms with E-state index in [1.165, 1.54) is 24.9 Å². The minimum atomic E-state index is 0.248. The smallest absolute Gasteiger partial charge is 0.232 e. The summed E-state index contributed by atoms with van der Waals surface area (Å²) in [5, 5.41) is 0. The first-order valence-electron chi connectivity index (χ1n) is 8.70. The van der Waals surface area contributed by atoms with Crippen LogP contribution in [0, 0.1) is 5.92 Å². The van der Waals surface area contributed by atoms with Gasteiger partial charge in [-0.2, -0.15) is 11.8 Å². The van der Waals surface area contributed by atoms with Crippen molar-refractivity contribution in [2.24, 2.45) is 5.92 Å². The van der Waals surface area contributed by atoms with Crippen molar-refractivity contribution in [2.75, 3.05) is 52.3 Å². The molecule has 1 unspecified atom stereocenters. The molecular formula is C19H30N2O2S. The molecule has 0 N–H and O–H groups in total. The number of carbonyl (C=O) groups is 1. The number of likely N-dealkylation sites (tertiary alicyclic amines) is 1. The maximum atomic E-state index is 11.9. The summed E-state index contributed by atoms with van der Waals surface area (Å²) in [5.74, 6) is 2.35. The summed E-state index contributed by atoms with van der Waals surface area (Å²) in [6.07, 6.45) is 5.51. The minimum Gasteiger partial charge on any atom is -0.497 e. The molecule has 1 aromatic carbocycles. The Labute approximate surface area is 150 Å². The number of nitrogens with zero attached hydrogens (tertiary/aromatic N) is 2. The van der Waals surface area contributed by atoms with Gasteiger partial charge in [0.2, 0.25) is 5.91 Å². The Balaban J connectivity index is 1.76. The van der Waals surface area contributed by atoms with Crippen molar-refractivity contribution in [3.05, 3.63) is 29.8 Å². The Kier molecular flexibility index (Phi) is 7.92. The van der Waals surface area contributed by atoms with Gasteiger partial charge >= 0.3 is 0 Å². The van der Waals surface area contributed by atoms with Gasteiger partial charge < -0.3 is 14.5 Å². The second kappa shape index (κ2) is 9.94. The molecule has 0 radical (unpaired) electrons. The quantitative estimate of drug-likeness (QED) is 0.722. The lowest BCUT2D eigenvalue weighted by Gasteiger charge is -2.34. The first-order chi connectivity index (χ1) is 11.6. The molecule has 1 heterocycles. The SMILES string of the molecule is COc1ccc(CCN2CCCC(CN(C)C(=O)CSC)C2)cc1. The molecule has 134 valence electrons. The standard InChI is InChI=1S/C19H30N2O2S/c1-20(19(22)15-24-3)13-17-5-4-11-21(14-17)12-10-16-6-8-18(23-2)9-7-16/h6-9,17H,4-5,10-15H2,1-3H3. The van der Waals surface area contributed by atoms with Gasteiger partial charge in [-0.3, -0.25) is 4.79 Å².